The van der Waals surface area contributed by atoms with Crippen molar-refractivity contribution in [3.63, 3.8) is 0 Å². The molecular formula is C45H48O9. The third kappa shape index (κ3) is 8.09. The van der Waals surface area contributed by atoms with Gasteiger partial charge in [-0.1, -0.05) is 109 Å². The monoisotopic (exact) mass is 732 g/mol. The summed E-state index contributed by atoms with van der Waals surface area (Å²) < 4.78 is 45.6. The summed E-state index contributed by atoms with van der Waals surface area (Å²) in [5, 5.41) is 22.5. The molecule has 1 fully saturated rings. The second kappa shape index (κ2) is 17.3. The van der Waals surface area contributed by atoms with E-state index in [-0.39, 0.29) is 19.8 Å². The second-order valence-electron chi connectivity index (χ2n) is 13.8. The van der Waals surface area contributed by atoms with E-state index >= 15 is 0 Å². The van der Waals surface area contributed by atoms with Gasteiger partial charge >= 0.3 is 0 Å². The molecule has 0 saturated carbocycles. The zero-order valence-electron chi connectivity index (χ0n) is 30.8. The van der Waals surface area contributed by atoms with Crippen molar-refractivity contribution in [2.45, 2.75) is 62.9 Å². The minimum atomic E-state index is -1.67. The molecular weight excluding hydrogens is 684 g/mol. The number of aryl methyl sites for hydroxylation is 1. The summed E-state index contributed by atoms with van der Waals surface area (Å²) in [4.78, 5) is 0. The van der Waals surface area contributed by atoms with Gasteiger partial charge in [-0.05, 0) is 64.9 Å². The molecule has 0 aromatic heterocycles. The van der Waals surface area contributed by atoms with Crippen molar-refractivity contribution >= 4 is 0 Å². The molecule has 5 aromatic carbocycles. The van der Waals surface area contributed by atoms with Crippen LogP contribution < -0.4 is 9.47 Å². The number of ether oxygens (including phenoxy) is 7. The third-order valence-electron chi connectivity index (χ3n) is 10.3. The first kappa shape index (κ1) is 37.7. The number of aliphatic hydroxyl groups excluding tert-OH is 2. The number of aliphatic hydroxyl groups is 2. The molecule has 1 saturated heterocycles. The molecule has 0 spiro atoms. The van der Waals surface area contributed by atoms with Crippen molar-refractivity contribution in [2.24, 2.45) is 0 Å². The van der Waals surface area contributed by atoms with E-state index in [0.29, 0.717) is 25.2 Å². The Morgan fingerprint density at radius 2 is 1.17 bits per heavy atom. The molecule has 4 unspecified atom stereocenters. The highest BCUT2D eigenvalue weighted by atomic mass is 16.7. The van der Waals surface area contributed by atoms with Gasteiger partial charge in [0.2, 0.25) is 5.79 Å². The largest absolute Gasteiger partial charge is 0.486 e. The lowest BCUT2D eigenvalue weighted by Gasteiger charge is -2.56. The predicted molar refractivity (Wildman–Crippen MR) is 203 cm³/mol. The van der Waals surface area contributed by atoms with Gasteiger partial charge in [0.05, 0.1) is 33.0 Å². The lowest BCUT2D eigenvalue weighted by molar-refractivity contribution is -0.417. The summed E-state index contributed by atoms with van der Waals surface area (Å²) in [5.74, 6) is -0.206. The van der Waals surface area contributed by atoms with Gasteiger partial charge in [-0.2, -0.15) is 0 Å². The van der Waals surface area contributed by atoms with Crippen molar-refractivity contribution in [2.75, 3.05) is 33.5 Å². The van der Waals surface area contributed by atoms with Gasteiger partial charge in [0.15, 0.2) is 11.5 Å². The quantitative estimate of drug-likeness (QED) is 0.122. The molecule has 2 N–H and O–H groups in total. The zero-order chi connectivity index (χ0) is 37.4. The summed E-state index contributed by atoms with van der Waals surface area (Å²) in [7, 11) is 1.55. The number of hydrogen-bond donors (Lipinski definition) is 2. The molecule has 9 nitrogen and oxygen atoms in total. The molecule has 282 valence electrons. The molecule has 0 amide bonds. The molecule has 7 rings (SSSR count). The first-order chi connectivity index (χ1) is 26.5. The van der Waals surface area contributed by atoms with Gasteiger partial charge in [0, 0.05) is 12.7 Å². The Kier molecular flexibility index (Phi) is 12.1. The summed E-state index contributed by atoms with van der Waals surface area (Å²) in [6.45, 7) is 2.52. The molecule has 5 aromatic rings. The average Bonchev–Trinajstić information content (AvgIpc) is 3.23. The van der Waals surface area contributed by atoms with E-state index in [0.717, 1.165) is 44.9 Å². The van der Waals surface area contributed by atoms with Gasteiger partial charge in [-0.15, -0.1) is 0 Å². The van der Waals surface area contributed by atoms with Gasteiger partial charge in [-0.25, -0.2) is 0 Å². The molecule has 54 heavy (non-hydrogen) atoms. The van der Waals surface area contributed by atoms with E-state index < -0.39 is 42.9 Å². The predicted octanol–water partition coefficient (Wildman–Crippen LogP) is 6.67. The van der Waals surface area contributed by atoms with Gasteiger partial charge < -0.3 is 43.4 Å². The standard InChI is InChI=1S/C45H48O9/c1-32-18-20-38(26-37(32)24-36-19-21-39-40(25-36)50-23-22-49-39)45(48-2)43(53-29-35-16-10-5-11-17-35)41(51-27-33-12-6-3-7-13-33)42(44(30-46,31-47)54-45)52-28-34-14-8-4-9-15-34/h3-21,25-26,41-43,46-47H,22-24,27-31H2,1-2H3. The van der Waals surface area contributed by atoms with Crippen LogP contribution in [0, 0.1) is 6.92 Å². The van der Waals surface area contributed by atoms with Crippen LogP contribution in [0.15, 0.2) is 127 Å². The van der Waals surface area contributed by atoms with E-state index in [1.165, 1.54) is 0 Å². The van der Waals surface area contributed by atoms with E-state index in [1.54, 1.807) is 7.11 Å². The zero-order valence-corrected chi connectivity index (χ0v) is 30.8. The summed E-state index contributed by atoms with van der Waals surface area (Å²) in [6.07, 6.45) is -2.23. The highest BCUT2D eigenvalue weighted by Crippen LogP contribution is 2.48. The van der Waals surface area contributed by atoms with Gasteiger partial charge in [0.25, 0.3) is 0 Å². The minimum absolute atomic E-state index is 0.178. The smallest absolute Gasteiger partial charge is 0.225 e. The molecule has 2 aliphatic rings. The van der Waals surface area contributed by atoms with E-state index in [1.807, 2.05) is 127 Å². The summed E-state index contributed by atoms with van der Waals surface area (Å²) >= 11 is 0. The third-order valence-corrected chi connectivity index (χ3v) is 10.3. The van der Waals surface area contributed by atoms with Crippen LogP contribution in [-0.4, -0.2) is 67.7 Å². The molecule has 9 heteroatoms. The topological polar surface area (TPSA) is 105 Å². The van der Waals surface area contributed by atoms with Gasteiger partial charge in [-0.3, -0.25) is 0 Å². The number of fused-ring (bicyclic) bond motifs is 1. The molecule has 4 atom stereocenters. The van der Waals surface area contributed by atoms with Crippen molar-refractivity contribution in [1.29, 1.82) is 0 Å². The van der Waals surface area contributed by atoms with Crippen LogP contribution in [0.1, 0.15) is 38.9 Å². The summed E-state index contributed by atoms with van der Waals surface area (Å²) in [6, 6.07) is 41.4. The fourth-order valence-corrected chi connectivity index (χ4v) is 7.30. The van der Waals surface area contributed by atoms with Crippen LogP contribution in [-0.2, 0) is 55.7 Å². The maximum atomic E-state index is 11.2. The minimum Gasteiger partial charge on any atom is -0.486 e. The van der Waals surface area contributed by atoms with Crippen LogP contribution in [0.25, 0.3) is 0 Å². The lowest BCUT2D eigenvalue weighted by atomic mass is 9.80. The van der Waals surface area contributed by atoms with Crippen LogP contribution in [0.3, 0.4) is 0 Å². The Labute approximate surface area is 317 Å². The van der Waals surface area contributed by atoms with E-state index in [2.05, 4.69) is 6.92 Å². The number of hydrogen-bond acceptors (Lipinski definition) is 9. The molecule has 0 radical (unpaired) electrons. The highest BCUT2D eigenvalue weighted by molar-refractivity contribution is 5.46. The Balaban J connectivity index is 1.33. The maximum absolute atomic E-state index is 11.2. The van der Waals surface area contributed by atoms with Crippen LogP contribution in [0.5, 0.6) is 11.5 Å². The average molecular weight is 733 g/mol. The molecule has 0 aliphatic carbocycles. The Morgan fingerprint density at radius 1 is 0.611 bits per heavy atom. The number of benzene rings is 5. The van der Waals surface area contributed by atoms with Crippen LogP contribution in [0.4, 0.5) is 0 Å². The van der Waals surface area contributed by atoms with E-state index in [9.17, 15) is 10.2 Å². The van der Waals surface area contributed by atoms with Crippen LogP contribution in [0.2, 0.25) is 0 Å². The highest BCUT2D eigenvalue weighted by Gasteiger charge is 2.64. The Morgan fingerprint density at radius 3 is 1.74 bits per heavy atom. The Bertz CT molecular complexity index is 1930. The summed E-state index contributed by atoms with van der Waals surface area (Å²) in [5.41, 5.74) is 4.90. The van der Waals surface area contributed by atoms with Crippen molar-refractivity contribution in [3.05, 3.63) is 166 Å². The Hall–Kier alpha value is -4.58. The first-order valence-electron chi connectivity index (χ1n) is 18.4. The molecule has 2 heterocycles. The second-order valence-corrected chi connectivity index (χ2v) is 13.8. The SMILES string of the molecule is COC1(c2ccc(C)c(Cc3ccc4c(c3)OCCO4)c2)OC(CO)(CO)C(OCc2ccccc2)C(OCc2ccccc2)C1OCc1ccccc1. The fraction of sp³-hybridized carbons (Fsp3) is 0.333. The lowest BCUT2D eigenvalue weighted by Crippen LogP contribution is -2.72. The normalized spacial score (nSPS) is 21.8. The van der Waals surface area contributed by atoms with Gasteiger partial charge in [0.1, 0.15) is 37.1 Å². The first-order valence-corrected chi connectivity index (χ1v) is 18.4. The van der Waals surface area contributed by atoms with E-state index in [4.69, 9.17) is 33.2 Å². The number of rotatable bonds is 15. The molecule has 0 bridgehead atoms. The van der Waals surface area contributed by atoms with Crippen molar-refractivity contribution in [1.82, 2.24) is 0 Å². The fourth-order valence-electron chi connectivity index (χ4n) is 7.30. The van der Waals surface area contributed by atoms with Crippen molar-refractivity contribution in [3.8, 4) is 11.5 Å². The molecule has 2 aliphatic heterocycles. The number of methoxy groups -OCH3 is 1. The van der Waals surface area contributed by atoms with Crippen molar-refractivity contribution < 1.29 is 43.4 Å². The van der Waals surface area contributed by atoms with Crippen LogP contribution >= 0.6 is 0 Å². The maximum Gasteiger partial charge on any atom is 0.225 e.